The third-order valence-corrected chi connectivity index (χ3v) is 6.47. The highest BCUT2D eigenvalue weighted by molar-refractivity contribution is 7.99. The maximum Gasteiger partial charge on any atom is 0.230 e. The van der Waals surface area contributed by atoms with Crippen LogP contribution in [0.15, 0.2) is 65.8 Å². The fourth-order valence-corrected chi connectivity index (χ4v) is 4.74. The zero-order chi connectivity index (χ0) is 20.6. The monoisotopic (exact) mass is 421 g/mol. The Morgan fingerprint density at radius 3 is 2.47 bits per heavy atom. The average Bonchev–Trinajstić information content (AvgIpc) is 3.28. The van der Waals surface area contributed by atoms with Crippen LogP contribution < -0.4 is 5.32 Å². The van der Waals surface area contributed by atoms with E-state index < -0.39 is 0 Å². The van der Waals surface area contributed by atoms with Crippen molar-refractivity contribution in [2.24, 2.45) is 0 Å². The molecule has 1 aliphatic rings. The van der Waals surface area contributed by atoms with Gasteiger partial charge in [-0.25, -0.2) is 4.68 Å². The second-order valence-corrected chi connectivity index (χ2v) is 8.65. The van der Waals surface area contributed by atoms with Gasteiger partial charge in [-0.15, -0.1) is 5.10 Å². The van der Waals surface area contributed by atoms with E-state index in [9.17, 15) is 4.79 Å². The number of hydrogen-bond donors (Lipinski definition) is 1. The summed E-state index contributed by atoms with van der Waals surface area (Å²) in [5.74, 6) is 0.286. The molecule has 1 atom stereocenters. The number of benzene rings is 2. The van der Waals surface area contributed by atoms with Gasteiger partial charge in [-0.05, 0) is 40.8 Å². The smallest absolute Gasteiger partial charge is 0.230 e. The van der Waals surface area contributed by atoms with Crippen LogP contribution in [0, 0.1) is 0 Å². The third-order valence-electron chi connectivity index (χ3n) is 5.54. The highest BCUT2D eigenvalue weighted by atomic mass is 32.2. The van der Waals surface area contributed by atoms with Gasteiger partial charge in [0.25, 0.3) is 0 Å². The van der Waals surface area contributed by atoms with Crippen molar-refractivity contribution in [2.45, 2.75) is 55.8 Å². The molecule has 1 aliphatic carbocycles. The van der Waals surface area contributed by atoms with E-state index in [1.54, 1.807) is 0 Å². The van der Waals surface area contributed by atoms with E-state index in [1.807, 2.05) is 41.1 Å². The lowest BCUT2D eigenvalue weighted by atomic mass is 9.96. The minimum absolute atomic E-state index is 0.0111. The van der Waals surface area contributed by atoms with E-state index in [2.05, 4.69) is 45.1 Å². The molecule has 0 bridgehead atoms. The fourth-order valence-electron chi connectivity index (χ4n) is 3.99. The van der Waals surface area contributed by atoms with Gasteiger partial charge >= 0.3 is 0 Å². The van der Waals surface area contributed by atoms with Crippen LogP contribution in [0.2, 0.25) is 0 Å². The van der Waals surface area contributed by atoms with E-state index in [0.29, 0.717) is 11.8 Å². The van der Waals surface area contributed by atoms with Crippen LogP contribution >= 0.6 is 11.8 Å². The quantitative estimate of drug-likeness (QED) is 0.547. The van der Waals surface area contributed by atoms with E-state index in [-0.39, 0.29) is 11.9 Å². The number of carbonyl (C=O) groups is 1. The van der Waals surface area contributed by atoms with Crippen molar-refractivity contribution in [3.63, 3.8) is 0 Å². The van der Waals surface area contributed by atoms with E-state index in [0.717, 1.165) is 30.0 Å². The average molecular weight is 422 g/mol. The van der Waals surface area contributed by atoms with Gasteiger partial charge in [0.2, 0.25) is 11.1 Å². The molecule has 7 heteroatoms. The summed E-state index contributed by atoms with van der Waals surface area (Å²) < 4.78 is 1.91. The molecule has 1 fully saturated rings. The molecule has 0 unspecified atom stereocenters. The predicted octanol–water partition coefficient (Wildman–Crippen LogP) is 4.37. The largest absolute Gasteiger partial charge is 0.348 e. The molecule has 4 rings (SSSR count). The Balaban J connectivity index is 1.39. The van der Waals surface area contributed by atoms with E-state index >= 15 is 0 Å². The first kappa shape index (κ1) is 20.6. The molecule has 0 spiro atoms. The van der Waals surface area contributed by atoms with Crippen LogP contribution in [0.1, 0.15) is 55.3 Å². The van der Waals surface area contributed by atoms with Gasteiger partial charge in [-0.2, -0.15) is 0 Å². The molecule has 1 saturated carbocycles. The molecule has 0 radical (unpaired) electrons. The van der Waals surface area contributed by atoms with Crippen molar-refractivity contribution in [1.82, 2.24) is 25.5 Å². The molecular weight excluding hydrogens is 394 g/mol. The summed E-state index contributed by atoms with van der Waals surface area (Å²) in [6.45, 7) is 0. The first-order valence-corrected chi connectivity index (χ1v) is 11.6. The van der Waals surface area contributed by atoms with Crippen LogP contribution in [-0.4, -0.2) is 31.9 Å². The number of amides is 1. The summed E-state index contributed by atoms with van der Waals surface area (Å²) >= 11 is 1.41. The molecule has 6 nitrogen and oxygen atoms in total. The molecule has 156 valence electrons. The van der Waals surface area contributed by atoms with Crippen molar-refractivity contribution < 1.29 is 4.79 Å². The van der Waals surface area contributed by atoms with E-state index in [1.165, 1.54) is 36.6 Å². The molecular formula is C23H27N5OS. The SMILES string of the molecule is O=C(CSc1nnnn1C1CCCCC1)N[C@@H](Cc1ccccc1)c1ccccc1. The number of nitrogens with one attached hydrogen (secondary N) is 1. The van der Waals surface area contributed by atoms with Crippen LogP contribution in [0.5, 0.6) is 0 Å². The van der Waals surface area contributed by atoms with Crippen molar-refractivity contribution in [3.8, 4) is 0 Å². The molecule has 1 amide bonds. The number of rotatable bonds is 8. The molecule has 0 saturated heterocycles. The highest BCUT2D eigenvalue weighted by Crippen LogP contribution is 2.30. The maximum atomic E-state index is 12.8. The molecule has 3 aromatic rings. The number of carbonyl (C=O) groups excluding carboxylic acids is 1. The number of hydrogen-bond acceptors (Lipinski definition) is 5. The molecule has 0 aliphatic heterocycles. The predicted molar refractivity (Wildman–Crippen MR) is 118 cm³/mol. The number of nitrogens with zero attached hydrogens (tertiary/aromatic N) is 4. The molecule has 2 aromatic carbocycles. The van der Waals surface area contributed by atoms with Crippen molar-refractivity contribution in [2.75, 3.05) is 5.75 Å². The van der Waals surface area contributed by atoms with Crippen LogP contribution in [0.25, 0.3) is 0 Å². The van der Waals surface area contributed by atoms with Crippen LogP contribution in [0.4, 0.5) is 0 Å². The summed E-state index contributed by atoms with van der Waals surface area (Å²) in [6.07, 6.45) is 6.68. The summed E-state index contributed by atoms with van der Waals surface area (Å²) in [7, 11) is 0. The minimum Gasteiger partial charge on any atom is -0.348 e. The van der Waals surface area contributed by atoms with Gasteiger partial charge in [0.05, 0.1) is 17.8 Å². The van der Waals surface area contributed by atoms with Crippen LogP contribution in [0.3, 0.4) is 0 Å². The standard InChI is InChI=1S/C23H27N5OS/c29-22(17-30-23-25-26-27-28(23)20-14-8-3-9-15-20)24-21(19-12-6-2-7-13-19)16-18-10-4-1-5-11-18/h1-2,4-7,10-13,20-21H,3,8-9,14-17H2,(H,24,29)/t21-/m0/s1. The second-order valence-electron chi connectivity index (χ2n) is 7.71. The number of aromatic nitrogens is 4. The van der Waals surface area contributed by atoms with Crippen LogP contribution in [-0.2, 0) is 11.2 Å². The molecule has 1 N–H and O–H groups in total. The zero-order valence-corrected chi connectivity index (χ0v) is 17.8. The Hall–Kier alpha value is -2.67. The fraction of sp³-hybridized carbons (Fsp3) is 0.391. The minimum atomic E-state index is -0.0731. The Labute approximate surface area is 181 Å². The van der Waals surface area contributed by atoms with Gasteiger partial charge in [0, 0.05) is 0 Å². The second kappa shape index (κ2) is 10.4. The lowest BCUT2D eigenvalue weighted by Crippen LogP contribution is -2.31. The Bertz CT molecular complexity index is 925. The zero-order valence-electron chi connectivity index (χ0n) is 17.0. The summed E-state index contributed by atoms with van der Waals surface area (Å²) in [4.78, 5) is 12.8. The normalized spacial score (nSPS) is 15.6. The molecule has 30 heavy (non-hydrogen) atoms. The summed E-state index contributed by atoms with van der Waals surface area (Å²) in [6, 6.07) is 20.7. The first-order valence-electron chi connectivity index (χ1n) is 10.6. The first-order chi connectivity index (χ1) is 14.8. The lowest BCUT2D eigenvalue weighted by Gasteiger charge is -2.22. The van der Waals surface area contributed by atoms with Crippen molar-refractivity contribution in [1.29, 1.82) is 0 Å². The Morgan fingerprint density at radius 2 is 1.73 bits per heavy atom. The van der Waals surface area contributed by atoms with Gasteiger partial charge < -0.3 is 5.32 Å². The van der Waals surface area contributed by atoms with Gasteiger partial charge in [0.15, 0.2) is 0 Å². The Kier molecular flexibility index (Phi) is 7.13. The number of tetrazole rings is 1. The number of thioether (sulfide) groups is 1. The van der Waals surface area contributed by atoms with Gasteiger partial charge in [0.1, 0.15) is 0 Å². The summed E-state index contributed by atoms with van der Waals surface area (Å²) in [5.41, 5.74) is 2.30. The maximum absolute atomic E-state index is 12.8. The van der Waals surface area contributed by atoms with Gasteiger partial charge in [-0.3, -0.25) is 4.79 Å². The van der Waals surface area contributed by atoms with Gasteiger partial charge in [-0.1, -0.05) is 91.7 Å². The Morgan fingerprint density at radius 1 is 1.03 bits per heavy atom. The topological polar surface area (TPSA) is 72.7 Å². The van der Waals surface area contributed by atoms with E-state index in [4.69, 9.17) is 0 Å². The lowest BCUT2D eigenvalue weighted by molar-refractivity contribution is -0.119. The summed E-state index contributed by atoms with van der Waals surface area (Å²) in [5, 5.41) is 16.1. The van der Waals surface area contributed by atoms with Crippen molar-refractivity contribution >= 4 is 17.7 Å². The third kappa shape index (κ3) is 5.48. The molecule has 1 aromatic heterocycles. The highest BCUT2D eigenvalue weighted by Gasteiger charge is 2.21. The molecule has 1 heterocycles. The van der Waals surface area contributed by atoms with Crippen molar-refractivity contribution in [3.05, 3.63) is 71.8 Å².